The Labute approximate surface area is 94.7 Å². The van der Waals surface area contributed by atoms with E-state index in [9.17, 15) is 0 Å². The molecule has 0 aromatic heterocycles. The monoisotopic (exact) mass is 218 g/mol. The number of benzene rings is 1. The summed E-state index contributed by atoms with van der Waals surface area (Å²) in [5.74, 6) is 0. The minimum atomic E-state index is -1.01. The van der Waals surface area contributed by atoms with Gasteiger partial charge in [0.25, 0.3) is 0 Å². The molecule has 0 radical (unpaired) electrons. The van der Waals surface area contributed by atoms with E-state index in [0.29, 0.717) is 0 Å². The van der Waals surface area contributed by atoms with Crippen molar-refractivity contribution >= 4 is 8.07 Å². The summed E-state index contributed by atoms with van der Waals surface area (Å²) in [6.45, 7) is 5.16. The molecule has 1 aliphatic carbocycles. The van der Waals surface area contributed by atoms with E-state index in [2.05, 4.69) is 43.4 Å². The van der Waals surface area contributed by atoms with E-state index in [1.807, 2.05) is 0 Å². The maximum absolute atomic E-state index is 2.58. The van der Waals surface area contributed by atoms with Crippen molar-refractivity contribution in [2.75, 3.05) is 0 Å². The number of rotatable bonds is 3. The first kappa shape index (κ1) is 10.9. The van der Waals surface area contributed by atoms with Gasteiger partial charge >= 0.3 is 0 Å². The summed E-state index contributed by atoms with van der Waals surface area (Å²) in [4.78, 5) is 0. The zero-order valence-electron chi connectivity index (χ0n) is 10.00. The van der Waals surface area contributed by atoms with Crippen LogP contribution in [0.1, 0.15) is 31.2 Å². The summed E-state index contributed by atoms with van der Waals surface area (Å²) in [5.41, 5.74) is 2.64. The molecule has 1 fully saturated rings. The summed E-state index contributed by atoms with van der Waals surface area (Å²) in [6.07, 6.45) is 5.98. The van der Waals surface area contributed by atoms with E-state index in [-0.39, 0.29) is 0 Å². The lowest BCUT2D eigenvalue weighted by atomic mass is 10.2. The van der Waals surface area contributed by atoms with E-state index in [1.54, 1.807) is 5.56 Å². The second-order valence-electron chi connectivity index (χ2n) is 5.63. The highest BCUT2D eigenvalue weighted by molar-refractivity contribution is 6.78. The molecule has 15 heavy (non-hydrogen) atoms. The minimum absolute atomic E-state index is 1.01. The molecule has 0 atom stereocenters. The minimum Gasteiger partial charge on any atom is -0.0689 e. The molecular weight excluding hydrogens is 196 g/mol. The van der Waals surface area contributed by atoms with Crippen LogP contribution in [0, 0.1) is 0 Å². The molecule has 82 valence electrons. The first-order valence-electron chi connectivity index (χ1n) is 6.22. The zero-order valence-corrected chi connectivity index (χ0v) is 11.0. The molecule has 0 heterocycles. The molecule has 1 aliphatic rings. The van der Waals surface area contributed by atoms with Crippen LogP contribution in [0.15, 0.2) is 30.3 Å². The van der Waals surface area contributed by atoms with Gasteiger partial charge in [0.05, 0.1) is 8.07 Å². The second-order valence-corrected chi connectivity index (χ2v) is 10.8. The maximum atomic E-state index is 2.58. The first-order valence-corrected chi connectivity index (χ1v) is 9.51. The topological polar surface area (TPSA) is 0 Å². The van der Waals surface area contributed by atoms with Crippen molar-refractivity contribution in [1.82, 2.24) is 0 Å². The molecule has 0 N–H and O–H groups in total. The molecule has 1 saturated carbocycles. The fourth-order valence-corrected chi connectivity index (χ4v) is 6.52. The lowest BCUT2D eigenvalue weighted by molar-refractivity contribution is 0.827. The molecule has 0 unspecified atom stereocenters. The third kappa shape index (κ3) is 2.72. The molecule has 0 bridgehead atoms. The van der Waals surface area contributed by atoms with Crippen LogP contribution in [-0.2, 0) is 6.04 Å². The van der Waals surface area contributed by atoms with Crippen molar-refractivity contribution in [3.8, 4) is 0 Å². The third-order valence-corrected chi connectivity index (χ3v) is 8.07. The van der Waals surface area contributed by atoms with Gasteiger partial charge in [0, 0.05) is 0 Å². The van der Waals surface area contributed by atoms with Gasteiger partial charge < -0.3 is 0 Å². The molecule has 0 spiro atoms. The van der Waals surface area contributed by atoms with Gasteiger partial charge in [-0.3, -0.25) is 0 Å². The number of hydrogen-bond acceptors (Lipinski definition) is 0. The summed E-state index contributed by atoms with van der Waals surface area (Å²) >= 11 is 0. The molecule has 0 nitrogen and oxygen atoms in total. The van der Waals surface area contributed by atoms with Gasteiger partial charge in [-0.15, -0.1) is 0 Å². The standard InChI is InChI=1S/C14H22Si/c1-15(2,14-10-6-7-11-14)12-13-8-4-3-5-9-13/h3-5,8-9,14H,6-7,10-12H2,1-2H3. The Morgan fingerprint density at radius 3 is 2.27 bits per heavy atom. The van der Waals surface area contributed by atoms with Gasteiger partial charge in [0.15, 0.2) is 0 Å². The van der Waals surface area contributed by atoms with E-state index in [0.717, 1.165) is 5.54 Å². The van der Waals surface area contributed by atoms with Crippen LogP contribution in [0.25, 0.3) is 0 Å². The summed E-state index contributed by atoms with van der Waals surface area (Å²) in [6, 6.07) is 12.4. The lowest BCUT2D eigenvalue weighted by Crippen LogP contribution is -2.34. The van der Waals surface area contributed by atoms with Crippen LogP contribution >= 0.6 is 0 Å². The van der Waals surface area contributed by atoms with Crippen LogP contribution < -0.4 is 0 Å². The Hall–Kier alpha value is -0.563. The molecule has 0 saturated heterocycles. The Morgan fingerprint density at radius 2 is 1.67 bits per heavy atom. The van der Waals surface area contributed by atoms with Gasteiger partial charge in [-0.05, 0) is 11.6 Å². The first-order chi connectivity index (χ1) is 7.18. The predicted molar refractivity (Wildman–Crippen MR) is 69.8 cm³/mol. The van der Waals surface area contributed by atoms with Crippen LogP contribution in [0.3, 0.4) is 0 Å². The van der Waals surface area contributed by atoms with E-state index < -0.39 is 8.07 Å². The van der Waals surface area contributed by atoms with E-state index >= 15 is 0 Å². The van der Waals surface area contributed by atoms with Crippen LogP contribution in [-0.4, -0.2) is 8.07 Å². The van der Waals surface area contributed by atoms with Crippen LogP contribution in [0.4, 0.5) is 0 Å². The third-order valence-electron chi connectivity index (χ3n) is 3.96. The molecule has 1 aromatic carbocycles. The smallest absolute Gasteiger partial charge is 0.0548 e. The highest BCUT2D eigenvalue weighted by Gasteiger charge is 2.33. The van der Waals surface area contributed by atoms with Gasteiger partial charge in [-0.25, -0.2) is 0 Å². The van der Waals surface area contributed by atoms with Crippen molar-refractivity contribution in [2.24, 2.45) is 0 Å². The van der Waals surface area contributed by atoms with Gasteiger partial charge in [-0.2, -0.15) is 0 Å². The van der Waals surface area contributed by atoms with E-state index in [1.165, 1.54) is 31.7 Å². The Kier molecular flexibility index (Phi) is 3.30. The Morgan fingerprint density at radius 1 is 1.07 bits per heavy atom. The Balaban J connectivity index is 2.03. The summed E-state index contributed by atoms with van der Waals surface area (Å²) < 4.78 is 0. The van der Waals surface area contributed by atoms with Crippen LogP contribution in [0.5, 0.6) is 0 Å². The van der Waals surface area contributed by atoms with Gasteiger partial charge in [0.2, 0.25) is 0 Å². The quantitative estimate of drug-likeness (QED) is 0.659. The molecular formula is C14H22Si. The fraction of sp³-hybridized carbons (Fsp3) is 0.571. The second kappa shape index (κ2) is 4.52. The van der Waals surface area contributed by atoms with Gasteiger partial charge in [-0.1, -0.05) is 74.7 Å². The lowest BCUT2D eigenvalue weighted by Gasteiger charge is -2.29. The molecule has 1 heteroatoms. The SMILES string of the molecule is C[Si](C)(Cc1ccccc1)C1CCCC1. The Bertz CT molecular complexity index is 296. The largest absolute Gasteiger partial charge is 0.0689 e. The van der Waals surface area contributed by atoms with Gasteiger partial charge in [0.1, 0.15) is 0 Å². The molecule has 1 aromatic rings. The fourth-order valence-electron chi connectivity index (χ4n) is 2.97. The van der Waals surface area contributed by atoms with Crippen molar-refractivity contribution in [3.05, 3.63) is 35.9 Å². The highest BCUT2D eigenvalue weighted by Crippen LogP contribution is 2.39. The van der Waals surface area contributed by atoms with E-state index in [4.69, 9.17) is 0 Å². The van der Waals surface area contributed by atoms with Crippen LogP contribution in [0.2, 0.25) is 18.6 Å². The number of hydrogen-bond donors (Lipinski definition) is 0. The summed E-state index contributed by atoms with van der Waals surface area (Å²) in [5, 5.41) is 0. The van der Waals surface area contributed by atoms with Crippen molar-refractivity contribution in [3.63, 3.8) is 0 Å². The average Bonchev–Trinajstić information content (AvgIpc) is 2.71. The zero-order chi connectivity index (χ0) is 10.7. The van der Waals surface area contributed by atoms with Crippen molar-refractivity contribution in [2.45, 2.75) is 50.4 Å². The molecule has 0 aliphatic heterocycles. The summed E-state index contributed by atoms with van der Waals surface area (Å²) in [7, 11) is -1.01. The normalized spacial score (nSPS) is 18.3. The molecule has 2 rings (SSSR count). The molecule has 0 amide bonds. The highest BCUT2D eigenvalue weighted by atomic mass is 28.3. The average molecular weight is 218 g/mol. The predicted octanol–water partition coefficient (Wildman–Crippen LogP) is 4.42. The maximum Gasteiger partial charge on any atom is 0.0548 e. The van der Waals surface area contributed by atoms with Crippen molar-refractivity contribution in [1.29, 1.82) is 0 Å². The van der Waals surface area contributed by atoms with Crippen molar-refractivity contribution < 1.29 is 0 Å².